The Labute approximate surface area is 178 Å². The fourth-order valence-electron chi connectivity index (χ4n) is 4.69. The van der Waals surface area contributed by atoms with Crippen molar-refractivity contribution >= 4 is 33.6 Å². The topological polar surface area (TPSA) is 42.3 Å². The number of amides is 2. The van der Waals surface area contributed by atoms with E-state index in [4.69, 9.17) is 0 Å². The summed E-state index contributed by atoms with van der Waals surface area (Å²) in [6.45, 7) is 0. The van der Waals surface area contributed by atoms with Gasteiger partial charge in [0.1, 0.15) is 0 Å². The summed E-state index contributed by atoms with van der Waals surface area (Å²) in [6.07, 6.45) is 0. The highest BCUT2D eigenvalue weighted by Crippen LogP contribution is 2.40. The summed E-state index contributed by atoms with van der Waals surface area (Å²) in [4.78, 5) is 26.9. The monoisotopic (exact) mass is 402 g/mol. The van der Waals surface area contributed by atoms with E-state index in [2.05, 4.69) is 47.0 Å². The first-order valence-electron chi connectivity index (χ1n) is 10.2. The van der Waals surface area contributed by atoms with Crippen LogP contribution in [0.25, 0.3) is 38.6 Å². The van der Waals surface area contributed by atoms with Gasteiger partial charge < -0.3 is 4.57 Å². The number of imide groups is 1. The Hall–Kier alpha value is -4.18. The smallest absolute Gasteiger partial charge is 0.263 e. The van der Waals surface area contributed by atoms with E-state index < -0.39 is 0 Å². The van der Waals surface area contributed by atoms with E-state index in [1.165, 1.54) is 11.9 Å². The van der Waals surface area contributed by atoms with Gasteiger partial charge in [-0.25, -0.2) is 0 Å². The number of fused-ring (bicyclic) bond motifs is 4. The Bertz CT molecular complexity index is 1530. The van der Waals surface area contributed by atoms with Gasteiger partial charge in [-0.3, -0.25) is 14.5 Å². The maximum atomic E-state index is 13.0. The molecule has 0 saturated heterocycles. The largest absolute Gasteiger partial charge is 0.308 e. The predicted octanol–water partition coefficient (Wildman–Crippen LogP) is 5.68. The molecule has 6 rings (SSSR count). The summed E-state index contributed by atoms with van der Waals surface area (Å²) >= 11 is 0. The van der Waals surface area contributed by atoms with Crippen LogP contribution < -0.4 is 0 Å². The van der Waals surface area contributed by atoms with E-state index in [0.29, 0.717) is 11.1 Å². The maximum absolute atomic E-state index is 13.0. The molecule has 5 aromatic rings. The van der Waals surface area contributed by atoms with Gasteiger partial charge >= 0.3 is 0 Å². The van der Waals surface area contributed by atoms with Crippen LogP contribution in [0, 0.1) is 0 Å². The predicted molar refractivity (Wildman–Crippen MR) is 123 cm³/mol. The van der Waals surface area contributed by atoms with Gasteiger partial charge in [0, 0.05) is 23.4 Å². The van der Waals surface area contributed by atoms with Crippen molar-refractivity contribution < 1.29 is 9.59 Å². The van der Waals surface area contributed by atoms with Gasteiger partial charge in [-0.1, -0.05) is 72.8 Å². The third-order valence-corrected chi connectivity index (χ3v) is 6.12. The van der Waals surface area contributed by atoms with Crippen LogP contribution in [0.15, 0.2) is 91.0 Å². The molecule has 4 nitrogen and oxygen atoms in total. The molecule has 2 heterocycles. The molecule has 1 aliphatic heterocycles. The van der Waals surface area contributed by atoms with Crippen molar-refractivity contribution in [2.24, 2.45) is 0 Å². The first-order valence-corrected chi connectivity index (χ1v) is 10.2. The molecule has 148 valence electrons. The van der Waals surface area contributed by atoms with Crippen LogP contribution in [0.5, 0.6) is 0 Å². The Morgan fingerprint density at radius 3 is 2.13 bits per heavy atom. The van der Waals surface area contributed by atoms with Crippen molar-refractivity contribution in [3.05, 3.63) is 102 Å². The molecule has 0 atom stereocenters. The van der Waals surface area contributed by atoms with Crippen molar-refractivity contribution in [2.75, 3.05) is 7.05 Å². The van der Waals surface area contributed by atoms with Crippen molar-refractivity contribution in [3.8, 4) is 16.8 Å². The molecule has 0 unspecified atom stereocenters. The molecule has 0 saturated carbocycles. The number of carbonyl (C=O) groups is 2. The molecule has 0 radical (unpaired) electrons. The van der Waals surface area contributed by atoms with E-state index in [1.54, 1.807) is 6.07 Å². The Morgan fingerprint density at radius 1 is 0.613 bits per heavy atom. The number of aromatic nitrogens is 1. The van der Waals surface area contributed by atoms with Crippen LogP contribution in [0.1, 0.15) is 20.7 Å². The summed E-state index contributed by atoms with van der Waals surface area (Å²) in [5, 5.41) is 2.22. The lowest BCUT2D eigenvalue weighted by Gasteiger charge is -2.14. The number of benzene rings is 4. The van der Waals surface area contributed by atoms with Gasteiger partial charge in [0.25, 0.3) is 11.8 Å². The number of hydrogen-bond acceptors (Lipinski definition) is 2. The summed E-state index contributed by atoms with van der Waals surface area (Å²) in [7, 11) is 1.54. The van der Waals surface area contributed by atoms with E-state index in [9.17, 15) is 9.59 Å². The molecule has 4 aromatic carbocycles. The van der Waals surface area contributed by atoms with E-state index in [-0.39, 0.29) is 11.8 Å². The van der Waals surface area contributed by atoms with Gasteiger partial charge in [-0.05, 0) is 23.8 Å². The van der Waals surface area contributed by atoms with Crippen LogP contribution in [-0.4, -0.2) is 28.3 Å². The van der Waals surface area contributed by atoms with Crippen LogP contribution >= 0.6 is 0 Å². The Morgan fingerprint density at radius 2 is 1.29 bits per heavy atom. The Balaban J connectivity index is 1.81. The summed E-state index contributed by atoms with van der Waals surface area (Å²) in [5.74, 6) is -0.523. The number of para-hydroxylation sites is 2. The molecule has 0 fully saturated rings. The van der Waals surface area contributed by atoms with Gasteiger partial charge in [-0.2, -0.15) is 0 Å². The summed E-state index contributed by atoms with van der Waals surface area (Å²) in [5.41, 5.74) is 5.85. The lowest BCUT2D eigenvalue weighted by atomic mass is 10.0. The number of hydrogen-bond donors (Lipinski definition) is 0. The van der Waals surface area contributed by atoms with Crippen LogP contribution in [0.3, 0.4) is 0 Å². The van der Waals surface area contributed by atoms with Crippen LogP contribution in [0.2, 0.25) is 0 Å². The molecule has 31 heavy (non-hydrogen) atoms. The molecule has 1 aliphatic rings. The van der Waals surface area contributed by atoms with Crippen LogP contribution in [-0.2, 0) is 0 Å². The molecule has 1 aromatic heterocycles. The van der Waals surface area contributed by atoms with Crippen molar-refractivity contribution in [1.29, 1.82) is 0 Å². The van der Waals surface area contributed by atoms with Crippen molar-refractivity contribution in [2.45, 2.75) is 0 Å². The minimum absolute atomic E-state index is 0.258. The maximum Gasteiger partial charge on any atom is 0.263 e. The fourth-order valence-corrected chi connectivity index (χ4v) is 4.69. The van der Waals surface area contributed by atoms with Gasteiger partial charge in [0.2, 0.25) is 0 Å². The van der Waals surface area contributed by atoms with E-state index >= 15 is 0 Å². The highest BCUT2D eigenvalue weighted by atomic mass is 16.2. The zero-order chi connectivity index (χ0) is 21.1. The molecular weight excluding hydrogens is 384 g/mol. The van der Waals surface area contributed by atoms with Crippen LogP contribution in [0.4, 0.5) is 0 Å². The zero-order valence-corrected chi connectivity index (χ0v) is 16.9. The second-order valence-corrected chi connectivity index (χ2v) is 7.79. The molecular formula is C27H18N2O2. The summed E-state index contributed by atoms with van der Waals surface area (Å²) in [6, 6.07) is 30.2. The second kappa shape index (κ2) is 6.41. The quantitative estimate of drug-likeness (QED) is 0.357. The first kappa shape index (κ1) is 17.7. The normalized spacial score (nSPS) is 13.4. The van der Waals surface area contributed by atoms with Crippen molar-refractivity contribution in [3.63, 3.8) is 0 Å². The average Bonchev–Trinajstić information content (AvgIpc) is 3.27. The number of carbonyl (C=O) groups excluding carboxylic acids is 2. The van der Waals surface area contributed by atoms with Crippen molar-refractivity contribution in [1.82, 2.24) is 9.47 Å². The van der Waals surface area contributed by atoms with Gasteiger partial charge in [-0.15, -0.1) is 0 Å². The van der Waals surface area contributed by atoms with E-state index in [0.717, 1.165) is 38.6 Å². The van der Waals surface area contributed by atoms with E-state index in [1.807, 2.05) is 42.5 Å². The SMILES string of the molecule is CN1C(=O)c2cccc(-n3c4ccccc4c4cccc(-c5ccccc5)c43)c2C1=O. The highest BCUT2D eigenvalue weighted by molar-refractivity contribution is 6.23. The van der Waals surface area contributed by atoms with Gasteiger partial charge in [0.05, 0.1) is 27.8 Å². The Kier molecular flexibility index (Phi) is 3.65. The molecule has 0 bridgehead atoms. The first-order chi connectivity index (χ1) is 15.2. The highest BCUT2D eigenvalue weighted by Gasteiger charge is 2.36. The average molecular weight is 402 g/mol. The second-order valence-electron chi connectivity index (χ2n) is 7.79. The lowest BCUT2D eigenvalue weighted by molar-refractivity contribution is 0.0693. The fraction of sp³-hybridized carbons (Fsp3) is 0.0370. The lowest BCUT2D eigenvalue weighted by Crippen LogP contribution is -2.24. The van der Waals surface area contributed by atoms with Gasteiger partial charge in [0.15, 0.2) is 0 Å². The standard InChI is InChI=1S/C27H18N2O2/c1-28-26(30)21-14-8-16-23(24(21)27(28)31)29-22-15-6-5-11-19(22)20-13-7-12-18(25(20)29)17-9-3-2-4-10-17/h2-16H,1H3. The zero-order valence-electron chi connectivity index (χ0n) is 16.9. The minimum Gasteiger partial charge on any atom is -0.308 e. The molecule has 4 heteroatoms. The molecule has 2 amide bonds. The summed E-state index contributed by atoms with van der Waals surface area (Å²) < 4.78 is 2.14. The number of rotatable bonds is 2. The molecule has 0 spiro atoms. The number of nitrogens with zero attached hydrogens (tertiary/aromatic N) is 2. The molecule has 0 aliphatic carbocycles. The molecule has 0 N–H and O–H groups in total. The third kappa shape index (κ3) is 2.36. The minimum atomic E-state index is -0.265. The third-order valence-electron chi connectivity index (χ3n) is 6.12.